The second-order valence-corrected chi connectivity index (χ2v) is 9.21. The van der Waals surface area contributed by atoms with Crippen LogP contribution in [0.25, 0.3) is 0 Å². The number of amides is 1. The van der Waals surface area contributed by atoms with E-state index in [1.165, 1.54) is 6.07 Å². The molecule has 0 radical (unpaired) electrons. The Balaban J connectivity index is 1.43. The van der Waals surface area contributed by atoms with Crippen LogP contribution in [-0.4, -0.2) is 36.5 Å². The molecule has 180 valence electrons. The third-order valence-corrected chi connectivity index (χ3v) is 6.51. The number of nitrogen functional groups attached to an aromatic ring is 1. The fourth-order valence-corrected chi connectivity index (χ4v) is 4.25. The van der Waals surface area contributed by atoms with Gasteiger partial charge in [0, 0.05) is 24.8 Å². The summed E-state index contributed by atoms with van der Waals surface area (Å²) in [6, 6.07) is 14.4. The summed E-state index contributed by atoms with van der Waals surface area (Å²) in [6.07, 6.45) is -0.359. The molecule has 0 aromatic heterocycles. The van der Waals surface area contributed by atoms with Crippen LogP contribution in [0.5, 0.6) is 0 Å². The number of carbonyl (C=O) groups is 1. The first-order chi connectivity index (χ1) is 15.6. The number of anilines is 1. The lowest BCUT2D eigenvalue weighted by atomic mass is 9.95. The van der Waals surface area contributed by atoms with Crippen molar-refractivity contribution in [2.24, 2.45) is 0 Å². The maximum absolute atomic E-state index is 13.1. The van der Waals surface area contributed by atoms with E-state index < -0.39 is 11.7 Å². The van der Waals surface area contributed by atoms with Gasteiger partial charge in [0.1, 0.15) is 0 Å². The topological polar surface area (TPSA) is 58.4 Å². The number of nitrogens with zero attached hydrogens (tertiary/aromatic N) is 1. The minimum atomic E-state index is -4.44. The fourth-order valence-electron chi connectivity index (χ4n) is 4.25. The Morgan fingerprint density at radius 1 is 1.09 bits per heavy atom. The van der Waals surface area contributed by atoms with E-state index in [2.05, 4.69) is 24.1 Å². The van der Waals surface area contributed by atoms with Crippen LogP contribution in [0, 0.1) is 0 Å². The highest BCUT2D eigenvalue weighted by Crippen LogP contribution is 2.48. The van der Waals surface area contributed by atoms with Crippen LogP contribution in [0.1, 0.15) is 56.2 Å². The summed E-state index contributed by atoms with van der Waals surface area (Å²) < 4.78 is 39.3. The van der Waals surface area contributed by atoms with Crippen LogP contribution >= 0.6 is 0 Å². The summed E-state index contributed by atoms with van der Waals surface area (Å²) in [5, 5.41) is 3.09. The summed E-state index contributed by atoms with van der Waals surface area (Å²) in [5.74, 6) is 0.109. The van der Waals surface area contributed by atoms with Gasteiger partial charge in [0.15, 0.2) is 0 Å². The molecular weight excluding hydrogens is 427 g/mol. The molecule has 1 amide bonds. The largest absolute Gasteiger partial charge is 0.418 e. The van der Waals surface area contributed by atoms with Crippen molar-refractivity contribution in [1.29, 1.82) is 0 Å². The molecule has 33 heavy (non-hydrogen) atoms. The van der Waals surface area contributed by atoms with Crippen LogP contribution in [0.2, 0.25) is 0 Å². The molecule has 1 saturated carbocycles. The number of halogens is 3. The van der Waals surface area contributed by atoms with E-state index in [0.717, 1.165) is 43.9 Å². The Hall–Kier alpha value is -2.54. The first-order valence-electron chi connectivity index (χ1n) is 11.7. The highest BCUT2D eigenvalue weighted by molar-refractivity contribution is 5.91. The molecule has 1 aliphatic rings. The fraction of sp³-hybridized carbons (Fsp3) is 0.500. The Kier molecular flexibility index (Phi) is 8.05. The first kappa shape index (κ1) is 25.1. The van der Waals surface area contributed by atoms with Gasteiger partial charge in [0.05, 0.1) is 11.0 Å². The third-order valence-electron chi connectivity index (χ3n) is 6.51. The molecule has 0 atom stereocenters. The minimum absolute atomic E-state index is 0.109. The molecule has 0 spiro atoms. The summed E-state index contributed by atoms with van der Waals surface area (Å²) in [4.78, 5) is 15.0. The summed E-state index contributed by atoms with van der Waals surface area (Å²) in [7, 11) is 0. The van der Waals surface area contributed by atoms with Gasteiger partial charge in [-0.3, -0.25) is 4.79 Å². The van der Waals surface area contributed by atoms with Crippen LogP contribution in [-0.2, 0) is 22.8 Å². The molecule has 3 N–H and O–H groups in total. The van der Waals surface area contributed by atoms with Gasteiger partial charge < -0.3 is 16.0 Å². The molecule has 1 aliphatic carbocycles. The molecule has 0 saturated heterocycles. The number of hydrogen-bond donors (Lipinski definition) is 2. The molecule has 0 heterocycles. The lowest BCUT2D eigenvalue weighted by molar-refractivity contribution is -0.137. The number of benzene rings is 2. The molecule has 2 aromatic carbocycles. The number of nitrogens with two attached hydrogens (primary N) is 1. The van der Waals surface area contributed by atoms with Crippen molar-refractivity contribution in [3.63, 3.8) is 0 Å². The second kappa shape index (κ2) is 10.6. The van der Waals surface area contributed by atoms with Gasteiger partial charge in [0.25, 0.3) is 0 Å². The predicted molar refractivity (Wildman–Crippen MR) is 126 cm³/mol. The summed E-state index contributed by atoms with van der Waals surface area (Å²) >= 11 is 0. The zero-order chi connectivity index (χ0) is 24.1. The highest BCUT2D eigenvalue weighted by Gasteiger charge is 2.50. The van der Waals surface area contributed by atoms with Gasteiger partial charge in [0.2, 0.25) is 5.91 Å². The number of hydrogen-bond acceptors (Lipinski definition) is 3. The first-order valence-corrected chi connectivity index (χ1v) is 11.7. The summed E-state index contributed by atoms with van der Waals surface area (Å²) in [6.45, 7) is 6.30. The van der Waals surface area contributed by atoms with Gasteiger partial charge in [-0.05, 0) is 75.8 Å². The van der Waals surface area contributed by atoms with E-state index in [4.69, 9.17) is 5.73 Å². The van der Waals surface area contributed by atoms with E-state index >= 15 is 0 Å². The van der Waals surface area contributed by atoms with Crippen LogP contribution in [0.4, 0.5) is 18.9 Å². The predicted octanol–water partition coefficient (Wildman–Crippen LogP) is 5.17. The Morgan fingerprint density at radius 2 is 1.79 bits per heavy atom. The van der Waals surface area contributed by atoms with Crippen molar-refractivity contribution in [2.75, 3.05) is 25.4 Å². The number of nitrogens with one attached hydrogen (secondary N) is 1. The van der Waals surface area contributed by atoms with E-state index in [1.54, 1.807) is 6.07 Å². The molecule has 4 nitrogen and oxygen atoms in total. The monoisotopic (exact) mass is 461 g/mol. The molecule has 0 unspecified atom stereocenters. The van der Waals surface area contributed by atoms with Gasteiger partial charge in [-0.15, -0.1) is 0 Å². The van der Waals surface area contributed by atoms with Crippen molar-refractivity contribution < 1.29 is 18.0 Å². The quantitative estimate of drug-likeness (QED) is 0.359. The third kappa shape index (κ3) is 6.50. The lowest BCUT2D eigenvalue weighted by Crippen LogP contribution is -2.36. The normalized spacial score (nSPS) is 15.1. The van der Waals surface area contributed by atoms with Crippen LogP contribution in [0.15, 0.2) is 48.5 Å². The minimum Gasteiger partial charge on any atom is -0.398 e. The molecule has 0 bridgehead atoms. The number of alkyl halides is 3. The van der Waals surface area contributed by atoms with Crippen molar-refractivity contribution in [3.05, 3.63) is 65.2 Å². The van der Waals surface area contributed by atoms with E-state index in [9.17, 15) is 18.0 Å². The molecule has 0 aliphatic heterocycles. The Morgan fingerprint density at radius 3 is 2.39 bits per heavy atom. The zero-order valence-corrected chi connectivity index (χ0v) is 19.4. The van der Waals surface area contributed by atoms with E-state index in [0.29, 0.717) is 25.1 Å². The van der Waals surface area contributed by atoms with Gasteiger partial charge in [-0.2, -0.15) is 13.2 Å². The number of carbonyl (C=O) groups excluding carboxylic acids is 1. The van der Waals surface area contributed by atoms with Gasteiger partial charge in [-0.25, -0.2) is 0 Å². The average molecular weight is 462 g/mol. The smallest absolute Gasteiger partial charge is 0.398 e. The zero-order valence-electron chi connectivity index (χ0n) is 19.4. The van der Waals surface area contributed by atoms with Crippen LogP contribution in [0.3, 0.4) is 0 Å². The highest BCUT2D eigenvalue weighted by atomic mass is 19.4. The van der Waals surface area contributed by atoms with E-state index in [-0.39, 0.29) is 23.1 Å². The lowest BCUT2D eigenvalue weighted by Gasteiger charge is -2.26. The van der Waals surface area contributed by atoms with Crippen LogP contribution < -0.4 is 11.1 Å². The number of unbranched alkanes of at least 4 members (excludes halogenated alkanes) is 1. The Labute approximate surface area is 194 Å². The summed E-state index contributed by atoms with van der Waals surface area (Å²) in [5.41, 5.74) is 5.86. The molecular formula is C26H34F3N3O. The molecule has 3 rings (SSSR count). The maximum atomic E-state index is 13.1. The molecule has 1 fully saturated rings. The van der Waals surface area contributed by atoms with Gasteiger partial charge in [-0.1, -0.05) is 36.4 Å². The SMILES string of the molecule is CC(C)N(CCCCNC(=O)C1(c2ccccc2)CC1)CCc1ccc(N)c(C(F)(F)F)c1. The standard InChI is InChI=1S/C26H34F3N3O/c1-19(2)32(17-12-20-10-11-23(30)22(18-20)26(27,28)29)16-7-6-15-31-24(33)25(13-14-25)21-8-4-3-5-9-21/h3-5,8-11,18-19H,6-7,12-17,30H2,1-2H3,(H,31,33). The van der Waals surface area contributed by atoms with Crippen molar-refractivity contribution in [2.45, 2.75) is 63.6 Å². The molecule has 7 heteroatoms. The van der Waals surface area contributed by atoms with Crippen molar-refractivity contribution in [1.82, 2.24) is 10.2 Å². The number of rotatable bonds is 11. The maximum Gasteiger partial charge on any atom is 0.418 e. The van der Waals surface area contributed by atoms with E-state index in [1.807, 2.05) is 30.3 Å². The second-order valence-electron chi connectivity index (χ2n) is 9.21. The van der Waals surface area contributed by atoms with Crippen molar-refractivity contribution in [3.8, 4) is 0 Å². The van der Waals surface area contributed by atoms with Crippen molar-refractivity contribution >= 4 is 11.6 Å². The Bertz CT molecular complexity index is 924. The average Bonchev–Trinajstić information content (AvgIpc) is 3.58. The van der Waals surface area contributed by atoms with Gasteiger partial charge >= 0.3 is 6.18 Å². The molecule has 2 aromatic rings.